The van der Waals surface area contributed by atoms with Crippen LogP contribution in [0.15, 0.2) is 53.2 Å². The monoisotopic (exact) mass is 352 g/mol. The Bertz CT molecular complexity index is 952. The first-order valence-corrected chi connectivity index (χ1v) is 7.72. The van der Waals surface area contributed by atoms with Crippen molar-refractivity contribution >= 4 is 29.2 Å². The lowest BCUT2D eigenvalue weighted by molar-refractivity contribution is 0.0602. The number of anilines is 3. The van der Waals surface area contributed by atoms with Gasteiger partial charge in [-0.25, -0.2) is 9.78 Å². The number of amides is 1. The van der Waals surface area contributed by atoms with E-state index in [1.54, 1.807) is 49.4 Å². The predicted octanol–water partition coefficient (Wildman–Crippen LogP) is 3.16. The number of aryl methyl sites for hydroxylation is 1. The second kappa shape index (κ2) is 7.47. The van der Waals surface area contributed by atoms with Crippen LogP contribution in [-0.2, 0) is 4.74 Å². The van der Waals surface area contributed by atoms with Crippen molar-refractivity contribution in [3.63, 3.8) is 0 Å². The molecule has 0 spiro atoms. The van der Waals surface area contributed by atoms with Crippen molar-refractivity contribution in [1.29, 1.82) is 0 Å². The molecular weight excluding hydrogens is 336 g/mol. The van der Waals surface area contributed by atoms with Crippen LogP contribution < -0.4 is 10.6 Å². The molecule has 0 fully saturated rings. The molecule has 132 valence electrons. The van der Waals surface area contributed by atoms with Crippen molar-refractivity contribution in [3.05, 3.63) is 65.5 Å². The van der Waals surface area contributed by atoms with Crippen molar-refractivity contribution in [2.45, 2.75) is 6.92 Å². The van der Waals surface area contributed by atoms with E-state index >= 15 is 0 Å². The fourth-order valence-corrected chi connectivity index (χ4v) is 2.27. The number of hydrogen-bond donors (Lipinski definition) is 2. The lowest BCUT2D eigenvalue weighted by Gasteiger charge is -2.10. The van der Waals surface area contributed by atoms with Gasteiger partial charge in [-0.3, -0.25) is 4.79 Å². The van der Waals surface area contributed by atoms with Crippen LogP contribution in [0.1, 0.15) is 26.5 Å². The Kier molecular flexibility index (Phi) is 4.93. The molecule has 0 atom stereocenters. The summed E-state index contributed by atoms with van der Waals surface area (Å²) in [6.45, 7) is 1.77. The zero-order valence-corrected chi connectivity index (χ0v) is 14.1. The average Bonchev–Trinajstić information content (AvgIpc) is 3.06. The molecule has 0 bridgehead atoms. The minimum Gasteiger partial charge on any atom is -0.465 e. The van der Waals surface area contributed by atoms with Crippen LogP contribution in [-0.4, -0.2) is 29.1 Å². The highest BCUT2D eigenvalue weighted by Gasteiger charge is 2.15. The van der Waals surface area contributed by atoms with Gasteiger partial charge in [0.25, 0.3) is 5.91 Å². The van der Waals surface area contributed by atoms with Crippen LogP contribution >= 0.6 is 0 Å². The minimum atomic E-state index is -0.528. The van der Waals surface area contributed by atoms with Crippen LogP contribution in [0.5, 0.6) is 0 Å². The number of carbonyl (C=O) groups excluding carboxylic acids is 2. The van der Waals surface area contributed by atoms with Crippen LogP contribution in [0, 0.1) is 6.92 Å². The summed E-state index contributed by atoms with van der Waals surface area (Å²) in [5.74, 6) is 0.666. The van der Waals surface area contributed by atoms with Crippen LogP contribution in [0.4, 0.5) is 17.3 Å². The molecular formula is C18H16N4O4. The molecule has 3 rings (SSSR count). The fourth-order valence-electron chi connectivity index (χ4n) is 2.27. The topological polar surface area (TPSA) is 106 Å². The molecule has 8 nitrogen and oxygen atoms in total. The fraction of sp³-hybridized carbons (Fsp3) is 0.111. The minimum absolute atomic E-state index is 0.272. The van der Waals surface area contributed by atoms with Crippen molar-refractivity contribution in [2.24, 2.45) is 0 Å². The molecule has 3 aromatic rings. The number of rotatable bonds is 5. The first kappa shape index (κ1) is 17.2. The molecule has 2 N–H and O–H groups in total. The van der Waals surface area contributed by atoms with Gasteiger partial charge in [-0.15, -0.1) is 0 Å². The summed E-state index contributed by atoms with van der Waals surface area (Å²) in [4.78, 5) is 28.5. The lowest BCUT2D eigenvalue weighted by atomic mass is 10.1. The summed E-state index contributed by atoms with van der Waals surface area (Å²) in [7, 11) is 1.29. The summed E-state index contributed by atoms with van der Waals surface area (Å²) in [5.41, 5.74) is 0.999. The smallest absolute Gasteiger partial charge is 0.339 e. The van der Waals surface area contributed by atoms with Crippen LogP contribution in [0.3, 0.4) is 0 Å². The molecule has 0 aliphatic carbocycles. The van der Waals surface area contributed by atoms with Crippen molar-refractivity contribution in [1.82, 2.24) is 10.1 Å². The Labute approximate surface area is 149 Å². The van der Waals surface area contributed by atoms with Gasteiger partial charge in [-0.05, 0) is 31.2 Å². The number of ether oxygens (including phenoxy) is 1. The normalized spacial score (nSPS) is 10.2. The van der Waals surface area contributed by atoms with Gasteiger partial charge in [-0.2, -0.15) is 0 Å². The molecule has 2 heterocycles. The predicted molar refractivity (Wildman–Crippen MR) is 94.5 cm³/mol. The number of methoxy groups -OCH3 is 1. The Morgan fingerprint density at radius 3 is 2.65 bits per heavy atom. The maximum atomic E-state index is 12.5. The quantitative estimate of drug-likeness (QED) is 0.679. The molecule has 26 heavy (non-hydrogen) atoms. The van der Waals surface area contributed by atoms with Crippen LogP contribution in [0.2, 0.25) is 0 Å². The third-order valence-corrected chi connectivity index (χ3v) is 3.49. The SMILES string of the molecule is COC(=O)c1ccccc1NC(=O)c1ccnc(Nc2cc(C)on2)c1. The van der Waals surface area contributed by atoms with Crippen molar-refractivity contribution in [2.75, 3.05) is 17.7 Å². The molecule has 0 saturated carbocycles. The summed E-state index contributed by atoms with van der Waals surface area (Å²) >= 11 is 0. The Morgan fingerprint density at radius 1 is 1.12 bits per heavy atom. The zero-order chi connectivity index (χ0) is 18.5. The second-order valence-electron chi connectivity index (χ2n) is 5.37. The van der Waals surface area contributed by atoms with E-state index in [1.165, 1.54) is 13.3 Å². The highest BCUT2D eigenvalue weighted by Crippen LogP contribution is 2.19. The van der Waals surface area contributed by atoms with Gasteiger partial charge in [0.2, 0.25) is 0 Å². The Hall–Kier alpha value is -3.68. The molecule has 0 radical (unpaired) electrons. The third kappa shape index (κ3) is 3.86. The number of pyridine rings is 1. The first-order valence-electron chi connectivity index (χ1n) is 7.72. The molecule has 0 saturated heterocycles. The number of hydrogen-bond acceptors (Lipinski definition) is 7. The molecule has 0 aliphatic heterocycles. The van der Waals surface area contributed by atoms with E-state index in [2.05, 4.69) is 20.8 Å². The number of nitrogens with zero attached hydrogens (tertiary/aromatic N) is 2. The summed E-state index contributed by atoms with van der Waals surface area (Å²) in [6, 6.07) is 11.5. The third-order valence-electron chi connectivity index (χ3n) is 3.49. The maximum absolute atomic E-state index is 12.5. The molecule has 1 aromatic carbocycles. The van der Waals surface area contributed by atoms with Gasteiger partial charge >= 0.3 is 5.97 Å². The summed E-state index contributed by atoms with van der Waals surface area (Å²) in [6.07, 6.45) is 1.50. The van der Waals surface area contributed by atoms with Gasteiger partial charge in [0, 0.05) is 17.8 Å². The largest absolute Gasteiger partial charge is 0.465 e. The summed E-state index contributed by atoms with van der Waals surface area (Å²) < 4.78 is 9.70. The van der Waals surface area contributed by atoms with Gasteiger partial charge in [0.15, 0.2) is 5.82 Å². The van der Waals surface area contributed by atoms with Crippen molar-refractivity contribution < 1.29 is 18.8 Å². The van der Waals surface area contributed by atoms with E-state index in [0.29, 0.717) is 28.6 Å². The van der Waals surface area contributed by atoms with E-state index in [-0.39, 0.29) is 11.5 Å². The molecule has 1 amide bonds. The van der Waals surface area contributed by atoms with Gasteiger partial charge in [0.05, 0.1) is 18.4 Å². The maximum Gasteiger partial charge on any atom is 0.339 e. The molecule has 0 aliphatic rings. The van der Waals surface area contributed by atoms with Gasteiger partial charge < -0.3 is 19.9 Å². The lowest BCUT2D eigenvalue weighted by Crippen LogP contribution is -2.15. The van der Waals surface area contributed by atoms with Crippen molar-refractivity contribution in [3.8, 4) is 0 Å². The summed E-state index contributed by atoms with van der Waals surface area (Å²) in [5, 5.41) is 9.48. The van der Waals surface area contributed by atoms with Gasteiger partial charge in [0.1, 0.15) is 11.6 Å². The second-order valence-corrected chi connectivity index (χ2v) is 5.37. The zero-order valence-electron chi connectivity index (χ0n) is 14.1. The number of benzene rings is 1. The number of esters is 1. The molecule has 8 heteroatoms. The Balaban J connectivity index is 1.79. The Morgan fingerprint density at radius 2 is 1.92 bits per heavy atom. The van der Waals surface area contributed by atoms with E-state index in [9.17, 15) is 9.59 Å². The number of carbonyl (C=O) groups is 2. The van der Waals surface area contributed by atoms with Crippen LogP contribution in [0.25, 0.3) is 0 Å². The van der Waals surface area contributed by atoms with E-state index in [0.717, 1.165) is 0 Å². The first-order chi connectivity index (χ1) is 12.6. The molecule has 2 aromatic heterocycles. The number of nitrogens with one attached hydrogen (secondary N) is 2. The highest BCUT2D eigenvalue weighted by molar-refractivity contribution is 6.08. The number of para-hydroxylation sites is 1. The molecule has 0 unspecified atom stereocenters. The number of aromatic nitrogens is 2. The van der Waals surface area contributed by atoms with E-state index in [1.807, 2.05) is 0 Å². The average molecular weight is 352 g/mol. The highest BCUT2D eigenvalue weighted by atomic mass is 16.5. The van der Waals surface area contributed by atoms with E-state index < -0.39 is 5.97 Å². The van der Waals surface area contributed by atoms with Gasteiger partial charge in [-0.1, -0.05) is 17.3 Å². The standard InChI is InChI=1S/C18H16N4O4/c1-11-9-16(22-26-11)21-15-10-12(7-8-19-15)17(23)20-14-6-4-3-5-13(14)18(24)25-2/h3-10H,1-2H3,(H,20,23)(H,19,21,22). The van der Waals surface area contributed by atoms with E-state index in [4.69, 9.17) is 9.26 Å².